The predicted molar refractivity (Wildman–Crippen MR) is 385 cm³/mol. The van der Waals surface area contributed by atoms with Crippen LogP contribution in [0.25, 0.3) is 0 Å². The highest BCUT2D eigenvalue weighted by molar-refractivity contribution is 7.47. The molecule has 2 atom stereocenters. The Morgan fingerprint density at radius 3 is 0.865 bits per heavy atom. The summed E-state index contributed by atoms with van der Waals surface area (Å²) >= 11 is 0. The number of esters is 2. The third-order valence-electron chi connectivity index (χ3n) is 14.9. The van der Waals surface area contributed by atoms with E-state index in [0.29, 0.717) is 6.42 Å². The van der Waals surface area contributed by atoms with Gasteiger partial charge in [0.25, 0.3) is 0 Å². The second-order valence-electron chi connectivity index (χ2n) is 23.3. The van der Waals surface area contributed by atoms with E-state index in [4.69, 9.17) is 24.3 Å². The highest BCUT2D eigenvalue weighted by Gasteiger charge is 2.26. The minimum Gasteiger partial charge on any atom is -0.462 e. The maximum atomic E-state index is 12.8. The normalized spacial score (nSPS) is 13.9. The first-order valence-electron chi connectivity index (χ1n) is 36.0. The van der Waals surface area contributed by atoms with E-state index in [1.165, 1.54) is 128 Å². The Kier molecular flexibility index (Phi) is 69.1. The molecule has 0 aromatic heterocycles. The third kappa shape index (κ3) is 72.6. The third-order valence-corrected chi connectivity index (χ3v) is 15.9. The van der Waals surface area contributed by atoms with Gasteiger partial charge in [0.2, 0.25) is 0 Å². The molecule has 0 fully saturated rings. The van der Waals surface area contributed by atoms with Crippen LogP contribution >= 0.6 is 7.82 Å². The van der Waals surface area contributed by atoms with Gasteiger partial charge in [0.15, 0.2) is 6.10 Å². The number of allylic oxidation sites excluding steroid dienone is 26. The number of carbonyl (C=O) groups excluding carboxylic acids is 2. The molecule has 3 N–H and O–H groups in total. The number of carbonyl (C=O) groups is 2. The van der Waals surface area contributed by atoms with E-state index in [2.05, 4.69) is 172 Å². The molecule has 0 spiro atoms. The molecule has 0 aliphatic carbocycles. The van der Waals surface area contributed by atoms with Crippen molar-refractivity contribution in [2.45, 2.75) is 302 Å². The fourth-order valence-electron chi connectivity index (χ4n) is 9.68. The molecule has 0 aromatic rings. The molecule has 0 saturated carbocycles. The molecule has 0 aromatic carbocycles. The zero-order valence-corrected chi connectivity index (χ0v) is 57.8. The highest BCUT2D eigenvalue weighted by Crippen LogP contribution is 2.43. The van der Waals surface area contributed by atoms with Crippen molar-refractivity contribution in [2.75, 3.05) is 26.4 Å². The van der Waals surface area contributed by atoms with Gasteiger partial charge in [-0.3, -0.25) is 18.6 Å². The van der Waals surface area contributed by atoms with E-state index in [1.54, 1.807) is 0 Å². The van der Waals surface area contributed by atoms with Gasteiger partial charge in [0.1, 0.15) is 6.61 Å². The molecule has 2 unspecified atom stereocenters. The Morgan fingerprint density at radius 1 is 0.337 bits per heavy atom. The maximum Gasteiger partial charge on any atom is 0.472 e. The van der Waals surface area contributed by atoms with Crippen LogP contribution in [0.1, 0.15) is 296 Å². The number of nitrogens with two attached hydrogens (primary N) is 1. The van der Waals surface area contributed by atoms with Crippen LogP contribution in [0.5, 0.6) is 0 Å². The molecule has 9 nitrogen and oxygen atoms in total. The summed E-state index contributed by atoms with van der Waals surface area (Å²) < 4.78 is 33.2. The summed E-state index contributed by atoms with van der Waals surface area (Å²) in [4.78, 5) is 35.4. The average Bonchev–Trinajstić information content (AvgIpc) is 3.58. The first-order valence-corrected chi connectivity index (χ1v) is 37.5. The molecule has 0 bridgehead atoms. The van der Waals surface area contributed by atoms with Crippen molar-refractivity contribution in [3.8, 4) is 0 Å². The first-order chi connectivity index (χ1) is 43.8. The van der Waals surface area contributed by atoms with Crippen LogP contribution in [-0.4, -0.2) is 49.3 Å². The molecular weight excluding hydrogens is 1120 g/mol. The number of ether oxygens (including phenoxy) is 2. The van der Waals surface area contributed by atoms with E-state index in [-0.39, 0.29) is 38.6 Å². The number of hydrogen-bond donors (Lipinski definition) is 2. The van der Waals surface area contributed by atoms with Crippen LogP contribution in [0, 0.1) is 0 Å². The Bertz CT molecular complexity index is 2020. The fourth-order valence-corrected chi connectivity index (χ4v) is 10.4. The number of hydrogen-bond acceptors (Lipinski definition) is 8. The Morgan fingerprint density at radius 2 is 0.584 bits per heavy atom. The minimum atomic E-state index is -4.40. The largest absolute Gasteiger partial charge is 0.472 e. The van der Waals surface area contributed by atoms with E-state index in [9.17, 15) is 19.0 Å². The fraction of sp³-hybridized carbons (Fsp3) is 0.646. The summed E-state index contributed by atoms with van der Waals surface area (Å²) in [6.07, 6.45) is 106. The predicted octanol–water partition coefficient (Wildman–Crippen LogP) is 24.0. The van der Waals surface area contributed by atoms with Crippen molar-refractivity contribution in [3.05, 3.63) is 158 Å². The lowest BCUT2D eigenvalue weighted by atomic mass is 10.0. The van der Waals surface area contributed by atoms with Crippen LogP contribution in [0.4, 0.5) is 0 Å². The van der Waals surface area contributed by atoms with Gasteiger partial charge in [0, 0.05) is 19.4 Å². The van der Waals surface area contributed by atoms with E-state index < -0.39 is 26.5 Å². The van der Waals surface area contributed by atoms with E-state index in [1.807, 2.05) is 0 Å². The molecule has 0 amide bonds. The Labute approximate surface area is 547 Å². The molecule has 506 valence electrons. The van der Waals surface area contributed by atoms with E-state index in [0.717, 1.165) is 135 Å². The van der Waals surface area contributed by atoms with Crippen LogP contribution in [-0.2, 0) is 32.7 Å². The summed E-state index contributed by atoms with van der Waals surface area (Å²) in [5.41, 5.74) is 5.40. The molecule has 0 aliphatic rings. The smallest absolute Gasteiger partial charge is 0.462 e. The number of rotatable bonds is 66. The highest BCUT2D eigenvalue weighted by atomic mass is 31.2. The number of phosphoric ester groups is 1. The van der Waals surface area contributed by atoms with Crippen molar-refractivity contribution in [1.82, 2.24) is 0 Å². The second kappa shape index (κ2) is 72.7. The molecule has 0 radical (unpaired) electrons. The molecule has 0 rings (SSSR count). The van der Waals surface area contributed by atoms with Gasteiger partial charge in [-0.2, -0.15) is 0 Å². The SMILES string of the molecule is CC/C=C\C/C=C\C/C=C\C/C=C\C/C=C\C/C=C\C/C=C\C/C=C\CCCCCCCCCCCCCCCCCCC(=O)OC(COC(=O)CCCCCCCCCCCCC/C=C\C/C=C\C/C=C\C/C=C\C/C=C\CC)COP(=O)(O)OCCN. The molecule has 0 heterocycles. The zero-order chi connectivity index (χ0) is 64.4. The molecule has 0 aliphatic heterocycles. The van der Waals surface area contributed by atoms with Gasteiger partial charge in [0.05, 0.1) is 13.2 Å². The van der Waals surface area contributed by atoms with Crippen molar-refractivity contribution in [3.63, 3.8) is 0 Å². The maximum absolute atomic E-state index is 12.8. The van der Waals surface area contributed by atoms with Gasteiger partial charge in [-0.15, -0.1) is 0 Å². The minimum absolute atomic E-state index is 0.0474. The lowest BCUT2D eigenvalue weighted by molar-refractivity contribution is -0.161. The number of phosphoric acid groups is 1. The monoisotopic (exact) mass is 1250 g/mol. The number of unbranched alkanes of at least 4 members (excludes halogenated alkanes) is 27. The van der Waals surface area contributed by atoms with Crippen LogP contribution in [0.2, 0.25) is 0 Å². The molecule has 89 heavy (non-hydrogen) atoms. The van der Waals surface area contributed by atoms with Gasteiger partial charge < -0.3 is 20.1 Å². The average molecular weight is 1250 g/mol. The Balaban J connectivity index is 3.89. The molecule has 0 saturated heterocycles. The first kappa shape index (κ1) is 84.6. The summed E-state index contributed by atoms with van der Waals surface area (Å²) in [5.74, 6) is -0.831. The van der Waals surface area contributed by atoms with Crippen LogP contribution in [0.3, 0.4) is 0 Å². The molecule has 10 heteroatoms. The quantitative estimate of drug-likeness (QED) is 0.0264. The summed E-state index contributed by atoms with van der Waals surface area (Å²) in [6, 6.07) is 0. The van der Waals surface area contributed by atoms with Crippen LogP contribution < -0.4 is 5.73 Å². The summed E-state index contributed by atoms with van der Waals surface area (Å²) in [7, 11) is -4.40. The summed E-state index contributed by atoms with van der Waals surface area (Å²) in [6.45, 7) is 3.52. The zero-order valence-electron chi connectivity index (χ0n) is 56.9. The van der Waals surface area contributed by atoms with Gasteiger partial charge in [-0.25, -0.2) is 4.57 Å². The van der Waals surface area contributed by atoms with Gasteiger partial charge in [-0.1, -0.05) is 320 Å². The topological polar surface area (TPSA) is 134 Å². The van der Waals surface area contributed by atoms with E-state index >= 15 is 0 Å². The Hall–Kier alpha value is -4.37. The molecular formula is C79H132NO8P. The van der Waals surface area contributed by atoms with Gasteiger partial charge >= 0.3 is 19.8 Å². The van der Waals surface area contributed by atoms with Gasteiger partial charge in [-0.05, 0) is 122 Å². The lowest BCUT2D eigenvalue weighted by Gasteiger charge is -2.19. The van der Waals surface area contributed by atoms with Crippen molar-refractivity contribution in [1.29, 1.82) is 0 Å². The summed E-state index contributed by atoms with van der Waals surface area (Å²) in [5, 5.41) is 0. The van der Waals surface area contributed by atoms with Crippen molar-refractivity contribution >= 4 is 19.8 Å². The van der Waals surface area contributed by atoms with Crippen LogP contribution in [0.15, 0.2) is 158 Å². The standard InChI is InChI=1S/C79H132NO8P/c1-3-5-7-9-11-13-15-17-19-21-23-25-27-29-31-32-33-34-35-36-37-38-39-40-41-42-43-44-46-48-50-52-54-56-58-60-62-64-66-68-70-72-79(82)88-77(76-87-89(83,84)86-74-73-80)75-85-78(81)71-69-67-65-63-61-59-57-55-53-51-49-47-45-30-28-26-24-22-20-18-16-14-12-10-8-6-4-2/h5-8,11-14,17-20,23-26,29-31,33-34,36-37,39-40,45,77H,3-4,9-10,15-16,21-22,27-28,32,35,38,41-44,46-76,80H2,1-2H3,(H,83,84)/b7-5-,8-6-,13-11-,14-12-,19-17-,20-18-,25-23-,26-24-,31-29-,34-33-,37-36-,40-39-,45-30-. The lowest BCUT2D eigenvalue weighted by Crippen LogP contribution is -2.29. The van der Waals surface area contributed by atoms with Crippen molar-refractivity contribution < 1.29 is 37.6 Å². The van der Waals surface area contributed by atoms with Crippen molar-refractivity contribution in [2.24, 2.45) is 5.73 Å². The second-order valence-corrected chi connectivity index (χ2v) is 24.8.